The quantitative estimate of drug-likeness (QED) is 0.866. The Bertz CT molecular complexity index is 604. The fraction of sp³-hybridized carbons (Fsp3) is 0.500. The first-order valence-electron chi connectivity index (χ1n) is 7.24. The summed E-state index contributed by atoms with van der Waals surface area (Å²) in [6, 6.07) is 8.85. The Labute approximate surface area is 120 Å². The van der Waals surface area contributed by atoms with Gasteiger partial charge in [-0.15, -0.1) is 10.2 Å². The summed E-state index contributed by atoms with van der Waals surface area (Å²) in [5.41, 5.74) is 8.68. The first-order valence-corrected chi connectivity index (χ1v) is 7.24. The predicted octanol–water partition coefficient (Wildman–Crippen LogP) is 2.52. The van der Waals surface area contributed by atoms with Crippen LogP contribution in [0.3, 0.4) is 0 Å². The molecule has 0 bridgehead atoms. The first kappa shape index (κ1) is 13.3. The smallest absolute Gasteiger partial charge is 0.164 e. The Balaban J connectivity index is 1.96. The van der Waals surface area contributed by atoms with Crippen molar-refractivity contribution in [3.05, 3.63) is 35.7 Å². The van der Waals surface area contributed by atoms with Crippen molar-refractivity contribution in [1.82, 2.24) is 14.8 Å². The van der Waals surface area contributed by atoms with E-state index >= 15 is 0 Å². The SMILES string of the molecule is CC(C)(C)c1ccc(-c2nnc3n2CC(N)CC3)cc1. The van der Waals surface area contributed by atoms with Crippen molar-refractivity contribution in [3.63, 3.8) is 0 Å². The topological polar surface area (TPSA) is 56.7 Å². The lowest BCUT2D eigenvalue weighted by Crippen LogP contribution is -2.32. The lowest BCUT2D eigenvalue weighted by atomic mass is 9.86. The van der Waals surface area contributed by atoms with Crippen molar-refractivity contribution in [3.8, 4) is 11.4 Å². The number of fused-ring (bicyclic) bond motifs is 1. The molecule has 2 heterocycles. The summed E-state index contributed by atoms with van der Waals surface area (Å²) in [5.74, 6) is 2.00. The maximum atomic E-state index is 6.06. The van der Waals surface area contributed by atoms with E-state index < -0.39 is 0 Å². The van der Waals surface area contributed by atoms with Crippen molar-refractivity contribution < 1.29 is 0 Å². The van der Waals surface area contributed by atoms with E-state index in [1.54, 1.807) is 0 Å². The summed E-state index contributed by atoms with van der Waals surface area (Å²) in [7, 11) is 0. The van der Waals surface area contributed by atoms with E-state index in [9.17, 15) is 0 Å². The van der Waals surface area contributed by atoms with Crippen LogP contribution in [0.25, 0.3) is 11.4 Å². The van der Waals surface area contributed by atoms with Gasteiger partial charge in [-0.05, 0) is 17.4 Å². The Morgan fingerprint density at radius 2 is 1.85 bits per heavy atom. The van der Waals surface area contributed by atoms with Crippen LogP contribution in [-0.2, 0) is 18.4 Å². The number of hydrogen-bond donors (Lipinski definition) is 1. The molecule has 1 unspecified atom stereocenters. The molecule has 0 aliphatic carbocycles. The minimum Gasteiger partial charge on any atom is -0.326 e. The zero-order valence-corrected chi connectivity index (χ0v) is 12.4. The molecule has 0 saturated heterocycles. The normalized spacial score (nSPS) is 18.9. The maximum Gasteiger partial charge on any atom is 0.164 e. The number of benzene rings is 1. The Hall–Kier alpha value is -1.68. The van der Waals surface area contributed by atoms with Crippen LogP contribution in [0, 0.1) is 0 Å². The van der Waals surface area contributed by atoms with E-state index in [2.05, 4.69) is 59.8 Å². The molecule has 20 heavy (non-hydrogen) atoms. The average Bonchev–Trinajstić information content (AvgIpc) is 2.81. The van der Waals surface area contributed by atoms with Gasteiger partial charge in [0.1, 0.15) is 5.82 Å². The minimum absolute atomic E-state index is 0.172. The highest BCUT2D eigenvalue weighted by molar-refractivity contribution is 5.56. The number of hydrogen-bond acceptors (Lipinski definition) is 3. The number of aromatic nitrogens is 3. The van der Waals surface area contributed by atoms with Crippen molar-refractivity contribution >= 4 is 0 Å². The summed E-state index contributed by atoms with van der Waals surface area (Å²) >= 11 is 0. The molecule has 1 aromatic heterocycles. The molecule has 1 aliphatic rings. The fourth-order valence-corrected chi connectivity index (χ4v) is 2.69. The molecule has 2 N–H and O–H groups in total. The third-order valence-corrected chi connectivity index (χ3v) is 3.99. The van der Waals surface area contributed by atoms with Crippen molar-refractivity contribution in [2.45, 2.75) is 51.6 Å². The number of rotatable bonds is 1. The van der Waals surface area contributed by atoms with Crippen molar-refractivity contribution in [2.24, 2.45) is 5.73 Å². The molecule has 1 aliphatic heterocycles. The van der Waals surface area contributed by atoms with Gasteiger partial charge in [-0.2, -0.15) is 0 Å². The van der Waals surface area contributed by atoms with Crippen LogP contribution in [0.15, 0.2) is 24.3 Å². The minimum atomic E-state index is 0.172. The second kappa shape index (κ2) is 4.70. The van der Waals surface area contributed by atoms with Crippen LogP contribution in [-0.4, -0.2) is 20.8 Å². The summed E-state index contributed by atoms with van der Waals surface area (Å²) in [6.07, 6.45) is 1.93. The lowest BCUT2D eigenvalue weighted by molar-refractivity contribution is 0.456. The molecule has 0 amide bonds. The molecule has 0 fully saturated rings. The van der Waals surface area contributed by atoms with Crippen LogP contribution in [0.4, 0.5) is 0 Å². The zero-order valence-electron chi connectivity index (χ0n) is 12.4. The summed E-state index contributed by atoms with van der Waals surface area (Å²) in [4.78, 5) is 0. The van der Waals surface area contributed by atoms with E-state index in [4.69, 9.17) is 5.73 Å². The van der Waals surface area contributed by atoms with E-state index in [0.717, 1.165) is 36.6 Å². The first-order chi connectivity index (χ1) is 9.45. The van der Waals surface area contributed by atoms with Gasteiger partial charge in [0.2, 0.25) is 0 Å². The highest BCUT2D eigenvalue weighted by Gasteiger charge is 2.21. The van der Waals surface area contributed by atoms with Crippen molar-refractivity contribution in [1.29, 1.82) is 0 Å². The maximum absolute atomic E-state index is 6.06. The molecule has 0 spiro atoms. The van der Waals surface area contributed by atoms with Gasteiger partial charge in [0, 0.05) is 24.6 Å². The predicted molar refractivity (Wildman–Crippen MR) is 80.5 cm³/mol. The summed E-state index contributed by atoms with van der Waals surface area (Å²) < 4.78 is 2.17. The second-order valence-electron chi connectivity index (χ2n) is 6.68. The number of nitrogens with zero attached hydrogens (tertiary/aromatic N) is 3. The molecule has 0 saturated carbocycles. The zero-order chi connectivity index (χ0) is 14.3. The molecule has 4 heteroatoms. The Morgan fingerprint density at radius 1 is 1.15 bits per heavy atom. The number of aryl methyl sites for hydroxylation is 1. The molecule has 106 valence electrons. The third kappa shape index (κ3) is 2.36. The van der Waals surface area contributed by atoms with Crippen LogP contribution >= 0.6 is 0 Å². The van der Waals surface area contributed by atoms with Gasteiger partial charge < -0.3 is 10.3 Å². The van der Waals surface area contributed by atoms with E-state index in [1.165, 1.54) is 5.56 Å². The molecule has 3 rings (SSSR count). The Kier molecular flexibility index (Phi) is 3.13. The van der Waals surface area contributed by atoms with Gasteiger partial charge in [0.25, 0.3) is 0 Å². The monoisotopic (exact) mass is 270 g/mol. The van der Waals surface area contributed by atoms with Gasteiger partial charge in [0.15, 0.2) is 5.82 Å². The fourth-order valence-electron chi connectivity index (χ4n) is 2.69. The molecule has 1 atom stereocenters. The highest BCUT2D eigenvalue weighted by Crippen LogP contribution is 2.27. The highest BCUT2D eigenvalue weighted by atomic mass is 15.3. The van der Waals surface area contributed by atoms with Crippen LogP contribution in [0.5, 0.6) is 0 Å². The van der Waals surface area contributed by atoms with Gasteiger partial charge in [0.05, 0.1) is 0 Å². The summed E-state index contributed by atoms with van der Waals surface area (Å²) in [6.45, 7) is 7.48. The molecule has 4 nitrogen and oxygen atoms in total. The molecule has 2 aromatic rings. The van der Waals surface area contributed by atoms with E-state index in [0.29, 0.717) is 0 Å². The molecular weight excluding hydrogens is 248 g/mol. The van der Waals surface area contributed by atoms with Crippen LogP contribution < -0.4 is 5.73 Å². The standard InChI is InChI=1S/C16H22N4/c1-16(2,3)12-6-4-11(5-7-12)15-19-18-14-9-8-13(17)10-20(14)15/h4-7,13H,8-10,17H2,1-3H3. The number of nitrogens with two attached hydrogens (primary N) is 1. The van der Waals surface area contributed by atoms with Gasteiger partial charge in [-0.25, -0.2) is 0 Å². The largest absolute Gasteiger partial charge is 0.326 e. The van der Waals surface area contributed by atoms with E-state index in [1.807, 2.05) is 0 Å². The molecule has 0 radical (unpaired) electrons. The second-order valence-corrected chi connectivity index (χ2v) is 6.68. The average molecular weight is 270 g/mol. The Morgan fingerprint density at radius 3 is 2.50 bits per heavy atom. The van der Waals surface area contributed by atoms with Crippen molar-refractivity contribution in [2.75, 3.05) is 0 Å². The van der Waals surface area contributed by atoms with Gasteiger partial charge in [-0.3, -0.25) is 0 Å². The van der Waals surface area contributed by atoms with Gasteiger partial charge in [-0.1, -0.05) is 45.0 Å². The van der Waals surface area contributed by atoms with E-state index in [-0.39, 0.29) is 11.5 Å². The summed E-state index contributed by atoms with van der Waals surface area (Å²) in [5, 5.41) is 8.65. The van der Waals surface area contributed by atoms with Crippen LogP contribution in [0.1, 0.15) is 38.6 Å². The van der Waals surface area contributed by atoms with Crippen LogP contribution in [0.2, 0.25) is 0 Å². The molecule has 1 aromatic carbocycles. The van der Waals surface area contributed by atoms with Gasteiger partial charge >= 0.3 is 0 Å². The molecular formula is C16H22N4. The third-order valence-electron chi connectivity index (χ3n) is 3.99. The lowest BCUT2D eigenvalue weighted by Gasteiger charge is -2.21.